The number of aromatic nitrogens is 2. The molecule has 0 aliphatic carbocycles. The van der Waals surface area contributed by atoms with Crippen LogP contribution >= 0.6 is 11.8 Å². The molecule has 0 bridgehead atoms. The van der Waals surface area contributed by atoms with Gasteiger partial charge >= 0.3 is 5.97 Å². The Hall–Kier alpha value is -0.970. The summed E-state index contributed by atoms with van der Waals surface area (Å²) in [6.45, 7) is 4.33. The van der Waals surface area contributed by atoms with Crippen molar-refractivity contribution >= 4 is 17.7 Å². The van der Waals surface area contributed by atoms with Crippen molar-refractivity contribution in [2.24, 2.45) is 0 Å². The van der Waals surface area contributed by atoms with Crippen LogP contribution in [0.15, 0.2) is 12.3 Å². The normalized spacial score (nSPS) is 11.0. The Morgan fingerprint density at radius 2 is 2.24 bits per heavy atom. The molecule has 0 saturated carbocycles. The first-order valence-electron chi connectivity index (χ1n) is 6.00. The van der Waals surface area contributed by atoms with E-state index in [9.17, 15) is 4.79 Å². The molecule has 0 spiro atoms. The molecule has 0 unspecified atom stereocenters. The molecule has 0 fully saturated rings. The third-order valence-corrected chi connectivity index (χ3v) is 3.68. The fourth-order valence-corrected chi connectivity index (χ4v) is 2.48. The number of carbonyl (C=O) groups is 1. The number of thioether (sulfide) groups is 1. The molecular formula is C12H20N2O2S. The molecule has 1 heterocycles. The van der Waals surface area contributed by atoms with E-state index in [1.54, 1.807) is 11.8 Å². The van der Waals surface area contributed by atoms with Gasteiger partial charge in [-0.25, -0.2) is 0 Å². The summed E-state index contributed by atoms with van der Waals surface area (Å²) in [5.41, 5.74) is 1.03. The molecule has 1 rings (SSSR count). The second kappa shape index (κ2) is 7.37. The Labute approximate surface area is 106 Å². The van der Waals surface area contributed by atoms with Gasteiger partial charge in [0.25, 0.3) is 0 Å². The molecule has 0 aliphatic rings. The molecule has 0 aromatic carbocycles. The minimum atomic E-state index is -0.736. The van der Waals surface area contributed by atoms with Crippen LogP contribution in [0.2, 0.25) is 0 Å². The van der Waals surface area contributed by atoms with E-state index in [0.29, 0.717) is 11.8 Å². The van der Waals surface area contributed by atoms with Crippen molar-refractivity contribution in [1.82, 2.24) is 9.78 Å². The van der Waals surface area contributed by atoms with Crippen molar-refractivity contribution in [2.75, 3.05) is 5.75 Å². The number of carboxylic acid groups (broad SMARTS) is 1. The Morgan fingerprint density at radius 1 is 1.53 bits per heavy atom. The van der Waals surface area contributed by atoms with E-state index in [-0.39, 0.29) is 6.42 Å². The molecule has 0 aliphatic heterocycles. The molecule has 0 radical (unpaired) electrons. The van der Waals surface area contributed by atoms with Crippen LogP contribution in [0, 0.1) is 0 Å². The van der Waals surface area contributed by atoms with Crippen LogP contribution in [0.4, 0.5) is 0 Å². The first-order valence-corrected chi connectivity index (χ1v) is 7.16. The standard InChI is InChI=1S/C12H20N2O2S/c1-3-11(4-2)14-7-5-10(13-14)9-17-8-6-12(15)16/h5,7,11H,3-4,6,8-9H2,1-2H3,(H,15,16). The molecule has 0 atom stereocenters. The first-order chi connectivity index (χ1) is 8.17. The zero-order valence-electron chi connectivity index (χ0n) is 10.4. The van der Waals surface area contributed by atoms with Crippen LogP contribution < -0.4 is 0 Å². The number of hydrogen-bond donors (Lipinski definition) is 1. The monoisotopic (exact) mass is 256 g/mol. The average molecular weight is 256 g/mol. The zero-order chi connectivity index (χ0) is 12.7. The minimum Gasteiger partial charge on any atom is -0.481 e. The van der Waals surface area contributed by atoms with E-state index >= 15 is 0 Å². The molecule has 17 heavy (non-hydrogen) atoms. The van der Waals surface area contributed by atoms with Crippen LogP contribution in [0.3, 0.4) is 0 Å². The van der Waals surface area contributed by atoms with Crippen LogP contribution in [0.1, 0.15) is 44.8 Å². The summed E-state index contributed by atoms with van der Waals surface area (Å²) in [7, 11) is 0. The third kappa shape index (κ3) is 4.81. The minimum absolute atomic E-state index is 0.220. The van der Waals surface area contributed by atoms with Crippen molar-refractivity contribution < 1.29 is 9.90 Å². The highest BCUT2D eigenvalue weighted by Gasteiger charge is 2.07. The average Bonchev–Trinajstić information content (AvgIpc) is 2.75. The van der Waals surface area contributed by atoms with E-state index in [2.05, 4.69) is 18.9 Å². The lowest BCUT2D eigenvalue weighted by atomic mass is 10.2. The van der Waals surface area contributed by atoms with Gasteiger partial charge in [0.1, 0.15) is 0 Å². The van der Waals surface area contributed by atoms with E-state index in [4.69, 9.17) is 5.11 Å². The largest absolute Gasteiger partial charge is 0.481 e. The topological polar surface area (TPSA) is 55.1 Å². The lowest BCUT2D eigenvalue weighted by molar-refractivity contribution is -0.136. The van der Waals surface area contributed by atoms with E-state index in [1.807, 2.05) is 16.9 Å². The van der Waals surface area contributed by atoms with Crippen LogP contribution in [0.5, 0.6) is 0 Å². The number of carboxylic acids is 1. The number of hydrogen-bond acceptors (Lipinski definition) is 3. The van der Waals surface area contributed by atoms with Gasteiger partial charge in [-0.05, 0) is 18.9 Å². The van der Waals surface area contributed by atoms with Crippen molar-refractivity contribution in [3.63, 3.8) is 0 Å². The summed E-state index contributed by atoms with van der Waals surface area (Å²) in [4.78, 5) is 10.3. The maximum Gasteiger partial charge on any atom is 0.304 e. The number of rotatable bonds is 8. The SMILES string of the molecule is CCC(CC)n1ccc(CSCCC(=O)O)n1. The lowest BCUT2D eigenvalue weighted by Crippen LogP contribution is -2.07. The smallest absolute Gasteiger partial charge is 0.304 e. The molecule has 96 valence electrons. The van der Waals surface area contributed by atoms with Gasteiger partial charge < -0.3 is 5.11 Å². The first kappa shape index (κ1) is 14.1. The second-order valence-electron chi connectivity index (χ2n) is 3.95. The van der Waals surface area contributed by atoms with Crippen molar-refractivity contribution in [3.8, 4) is 0 Å². The van der Waals surface area contributed by atoms with Crippen LogP contribution in [-0.4, -0.2) is 26.6 Å². The van der Waals surface area contributed by atoms with Crippen molar-refractivity contribution in [2.45, 2.75) is 44.9 Å². The predicted molar refractivity (Wildman–Crippen MR) is 70.3 cm³/mol. The zero-order valence-corrected chi connectivity index (χ0v) is 11.2. The summed E-state index contributed by atoms with van der Waals surface area (Å²) < 4.78 is 2.02. The summed E-state index contributed by atoms with van der Waals surface area (Å²) in [6, 6.07) is 2.50. The fourth-order valence-electron chi connectivity index (χ4n) is 1.66. The van der Waals surface area contributed by atoms with Crippen molar-refractivity contribution in [3.05, 3.63) is 18.0 Å². The summed E-state index contributed by atoms with van der Waals surface area (Å²) in [6.07, 6.45) is 4.41. The maximum absolute atomic E-state index is 10.3. The van der Waals surface area contributed by atoms with Gasteiger partial charge in [-0.15, -0.1) is 0 Å². The van der Waals surface area contributed by atoms with Gasteiger partial charge in [-0.1, -0.05) is 13.8 Å². The molecule has 4 nitrogen and oxygen atoms in total. The highest BCUT2D eigenvalue weighted by molar-refractivity contribution is 7.98. The molecule has 1 N–H and O–H groups in total. The van der Waals surface area contributed by atoms with Crippen molar-refractivity contribution in [1.29, 1.82) is 0 Å². The predicted octanol–water partition coefficient (Wildman–Crippen LogP) is 2.95. The Bertz CT molecular complexity index is 348. The maximum atomic E-state index is 10.3. The summed E-state index contributed by atoms with van der Waals surface area (Å²) >= 11 is 1.62. The van der Waals surface area contributed by atoms with E-state index in [0.717, 1.165) is 24.3 Å². The molecule has 1 aromatic heterocycles. The molecule has 1 aromatic rings. The van der Waals surface area contributed by atoms with Crippen LogP contribution in [0.25, 0.3) is 0 Å². The molecule has 5 heteroatoms. The van der Waals surface area contributed by atoms with Gasteiger partial charge in [0.05, 0.1) is 18.2 Å². The molecule has 0 amide bonds. The number of aliphatic carboxylic acids is 1. The van der Waals surface area contributed by atoms with Gasteiger partial charge in [0.15, 0.2) is 0 Å². The number of nitrogens with zero attached hydrogens (tertiary/aromatic N) is 2. The lowest BCUT2D eigenvalue weighted by Gasteiger charge is -2.12. The quantitative estimate of drug-likeness (QED) is 0.727. The summed E-state index contributed by atoms with van der Waals surface area (Å²) in [5.74, 6) is 0.702. The fraction of sp³-hybridized carbons (Fsp3) is 0.667. The highest BCUT2D eigenvalue weighted by atomic mass is 32.2. The van der Waals surface area contributed by atoms with E-state index < -0.39 is 5.97 Å². The van der Waals surface area contributed by atoms with E-state index in [1.165, 1.54) is 0 Å². The highest BCUT2D eigenvalue weighted by Crippen LogP contribution is 2.17. The third-order valence-electron chi connectivity index (χ3n) is 2.69. The van der Waals surface area contributed by atoms with Crippen LogP contribution in [-0.2, 0) is 10.5 Å². The Morgan fingerprint density at radius 3 is 2.82 bits per heavy atom. The Kier molecular flexibility index (Phi) is 6.11. The van der Waals surface area contributed by atoms with Gasteiger partial charge in [0, 0.05) is 17.7 Å². The Balaban J connectivity index is 2.37. The summed E-state index contributed by atoms with van der Waals surface area (Å²) in [5, 5.41) is 13.0. The van der Waals surface area contributed by atoms with Gasteiger partial charge in [-0.3, -0.25) is 9.48 Å². The molecular weight excluding hydrogens is 236 g/mol. The molecule has 0 saturated heterocycles. The second-order valence-corrected chi connectivity index (χ2v) is 5.06. The van der Waals surface area contributed by atoms with Gasteiger partial charge in [-0.2, -0.15) is 16.9 Å². The van der Waals surface area contributed by atoms with Gasteiger partial charge in [0.2, 0.25) is 0 Å².